The molecule has 1 aliphatic carbocycles. The van der Waals surface area contributed by atoms with Crippen molar-refractivity contribution >= 4 is 5.78 Å². The molecule has 82 valence electrons. The van der Waals surface area contributed by atoms with Crippen LogP contribution in [0.2, 0.25) is 0 Å². The van der Waals surface area contributed by atoms with Crippen molar-refractivity contribution in [2.24, 2.45) is 5.92 Å². The molecule has 3 nitrogen and oxygen atoms in total. The maximum absolute atomic E-state index is 11.5. The minimum absolute atomic E-state index is 0.396. The van der Waals surface area contributed by atoms with Gasteiger partial charge in [0.05, 0.1) is 0 Å². The first kappa shape index (κ1) is 10.4. The van der Waals surface area contributed by atoms with Gasteiger partial charge in [0, 0.05) is 30.8 Å². The van der Waals surface area contributed by atoms with Gasteiger partial charge in [-0.25, -0.2) is 0 Å². The smallest absolute Gasteiger partial charge is 0.136 e. The maximum atomic E-state index is 11.5. The van der Waals surface area contributed by atoms with E-state index in [-0.39, 0.29) is 0 Å². The van der Waals surface area contributed by atoms with Crippen LogP contribution in [0, 0.1) is 5.92 Å². The Labute approximate surface area is 90.5 Å². The zero-order chi connectivity index (χ0) is 10.7. The van der Waals surface area contributed by atoms with Crippen molar-refractivity contribution in [3.05, 3.63) is 18.0 Å². The predicted octanol–water partition coefficient (Wildman–Crippen LogP) is 2.20. The fourth-order valence-corrected chi connectivity index (χ4v) is 1.85. The molecule has 0 aliphatic heterocycles. The van der Waals surface area contributed by atoms with E-state index < -0.39 is 0 Å². The maximum Gasteiger partial charge on any atom is 0.136 e. The molecule has 1 aliphatic rings. The lowest BCUT2D eigenvalue weighted by Gasteiger charge is -2.05. The van der Waals surface area contributed by atoms with E-state index in [1.807, 2.05) is 16.9 Å². The highest BCUT2D eigenvalue weighted by atomic mass is 16.1. The second-order valence-corrected chi connectivity index (χ2v) is 4.29. The van der Waals surface area contributed by atoms with E-state index in [2.05, 4.69) is 12.0 Å². The van der Waals surface area contributed by atoms with Gasteiger partial charge in [0.15, 0.2) is 0 Å². The zero-order valence-corrected chi connectivity index (χ0v) is 9.28. The number of rotatable bonds is 6. The third-order valence-corrected chi connectivity index (χ3v) is 2.90. The summed E-state index contributed by atoms with van der Waals surface area (Å²) in [5, 5.41) is 4.25. The Bertz CT molecular complexity index is 339. The van der Waals surface area contributed by atoms with Crippen molar-refractivity contribution in [2.45, 2.75) is 45.6 Å². The molecule has 0 aromatic carbocycles. The average Bonchev–Trinajstić information content (AvgIpc) is 2.99. The lowest BCUT2D eigenvalue weighted by Crippen LogP contribution is -2.08. The number of carbonyl (C=O) groups is 1. The van der Waals surface area contributed by atoms with Crippen molar-refractivity contribution in [1.29, 1.82) is 0 Å². The lowest BCUT2D eigenvalue weighted by atomic mass is 10.1. The molecule has 2 rings (SSSR count). The second-order valence-electron chi connectivity index (χ2n) is 4.29. The standard InChI is InChI=1S/C12H18N2O/c1-2-9-14-11(7-8-13-14)5-6-12(15)10-3-4-10/h7-8,10H,2-6,9H2,1H3. The Balaban J connectivity index is 1.86. The molecule has 0 spiro atoms. The van der Waals surface area contributed by atoms with Gasteiger partial charge in [-0.2, -0.15) is 5.10 Å². The van der Waals surface area contributed by atoms with Crippen LogP contribution in [0.25, 0.3) is 0 Å². The number of carbonyl (C=O) groups excluding carboxylic acids is 1. The predicted molar refractivity (Wildman–Crippen MR) is 58.6 cm³/mol. The number of hydrogen-bond acceptors (Lipinski definition) is 2. The summed E-state index contributed by atoms with van der Waals surface area (Å²) in [6.45, 7) is 3.10. The summed E-state index contributed by atoms with van der Waals surface area (Å²) in [5.41, 5.74) is 1.20. The zero-order valence-electron chi connectivity index (χ0n) is 9.28. The van der Waals surface area contributed by atoms with Crippen LogP contribution in [-0.4, -0.2) is 15.6 Å². The summed E-state index contributed by atoms with van der Waals surface area (Å²) < 4.78 is 2.01. The van der Waals surface area contributed by atoms with Crippen LogP contribution >= 0.6 is 0 Å². The van der Waals surface area contributed by atoms with Crippen molar-refractivity contribution < 1.29 is 4.79 Å². The molecule has 0 radical (unpaired) electrons. The Hall–Kier alpha value is -1.12. The molecule has 3 heteroatoms. The third-order valence-electron chi connectivity index (χ3n) is 2.90. The van der Waals surface area contributed by atoms with Gasteiger partial charge in [0.2, 0.25) is 0 Å². The fourth-order valence-electron chi connectivity index (χ4n) is 1.85. The molecule has 0 unspecified atom stereocenters. The second kappa shape index (κ2) is 4.60. The van der Waals surface area contributed by atoms with Gasteiger partial charge in [-0.3, -0.25) is 9.48 Å². The van der Waals surface area contributed by atoms with Gasteiger partial charge in [0.1, 0.15) is 5.78 Å². The monoisotopic (exact) mass is 206 g/mol. The molecule has 0 N–H and O–H groups in total. The SMILES string of the molecule is CCCn1nccc1CCC(=O)C1CC1. The van der Waals surface area contributed by atoms with E-state index in [1.165, 1.54) is 5.69 Å². The van der Waals surface area contributed by atoms with Gasteiger partial charge in [0.25, 0.3) is 0 Å². The summed E-state index contributed by atoms with van der Waals surface area (Å²) in [4.78, 5) is 11.5. The molecule has 0 atom stereocenters. The average molecular weight is 206 g/mol. The van der Waals surface area contributed by atoms with E-state index in [9.17, 15) is 4.79 Å². The fraction of sp³-hybridized carbons (Fsp3) is 0.667. The van der Waals surface area contributed by atoms with Crippen molar-refractivity contribution in [1.82, 2.24) is 9.78 Å². The summed E-state index contributed by atoms with van der Waals surface area (Å²) >= 11 is 0. The van der Waals surface area contributed by atoms with Crippen LogP contribution in [0.4, 0.5) is 0 Å². The first-order chi connectivity index (χ1) is 7.31. The summed E-state index contributed by atoms with van der Waals surface area (Å²) in [7, 11) is 0. The number of nitrogens with zero attached hydrogens (tertiary/aromatic N) is 2. The first-order valence-corrected chi connectivity index (χ1v) is 5.84. The Morgan fingerprint density at radius 3 is 3.07 bits per heavy atom. The van der Waals surface area contributed by atoms with Crippen molar-refractivity contribution in [3.63, 3.8) is 0 Å². The molecule has 0 amide bonds. The Kier molecular flexibility index (Phi) is 3.19. The van der Waals surface area contributed by atoms with Crippen molar-refractivity contribution in [2.75, 3.05) is 0 Å². The molecule has 15 heavy (non-hydrogen) atoms. The van der Waals surface area contributed by atoms with Crippen LogP contribution in [0.5, 0.6) is 0 Å². The lowest BCUT2D eigenvalue weighted by molar-refractivity contribution is -0.120. The van der Waals surface area contributed by atoms with E-state index in [4.69, 9.17) is 0 Å². The van der Waals surface area contributed by atoms with Crippen molar-refractivity contribution in [3.8, 4) is 0 Å². The minimum Gasteiger partial charge on any atom is -0.299 e. The van der Waals surface area contributed by atoms with Gasteiger partial charge in [-0.15, -0.1) is 0 Å². The third kappa shape index (κ3) is 2.67. The van der Waals surface area contributed by atoms with Gasteiger partial charge >= 0.3 is 0 Å². The molecular formula is C12H18N2O. The van der Waals surface area contributed by atoms with Crippen LogP contribution in [0.1, 0.15) is 38.3 Å². The number of Topliss-reactive ketones (excluding diaryl/α,β-unsaturated/α-hetero) is 1. The van der Waals surface area contributed by atoms with E-state index in [0.717, 1.165) is 32.2 Å². The number of aromatic nitrogens is 2. The summed E-state index contributed by atoms with van der Waals surface area (Å²) in [5.74, 6) is 0.840. The highest BCUT2D eigenvalue weighted by Crippen LogP contribution is 2.31. The van der Waals surface area contributed by atoms with E-state index >= 15 is 0 Å². The molecule has 1 heterocycles. The molecule has 0 bridgehead atoms. The normalized spacial score (nSPS) is 15.5. The van der Waals surface area contributed by atoms with Crippen LogP contribution in [0.15, 0.2) is 12.3 Å². The molecule has 0 saturated heterocycles. The van der Waals surface area contributed by atoms with Gasteiger partial charge in [-0.05, 0) is 31.7 Å². The van der Waals surface area contributed by atoms with E-state index in [0.29, 0.717) is 18.1 Å². The minimum atomic E-state index is 0.396. The Morgan fingerprint density at radius 1 is 1.60 bits per heavy atom. The van der Waals surface area contributed by atoms with Crippen LogP contribution < -0.4 is 0 Å². The largest absolute Gasteiger partial charge is 0.299 e. The molecule has 1 aromatic heterocycles. The van der Waals surface area contributed by atoms with Gasteiger partial charge in [-0.1, -0.05) is 6.92 Å². The van der Waals surface area contributed by atoms with Crippen LogP contribution in [-0.2, 0) is 17.8 Å². The molecule has 1 fully saturated rings. The quantitative estimate of drug-likeness (QED) is 0.715. The highest BCUT2D eigenvalue weighted by Gasteiger charge is 2.28. The first-order valence-electron chi connectivity index (χ1n) is 5.84. The highest BCUT2D eigenvalue weighted by molar-refractivity contribution is 5.83. The number of ketones is 1. The topological polar surface area (TPSA) is 34.9 Å². The number of aryl methyl sites for hydroxylation is 2. The molecule has 1 aromatic rings. The van der Waals surface area contributed by atoms with Gasteiger partial charge < -0.3 is 0 Å². The number of hydrogen-bond donors (Lipinski definition) is 0. The molecule has 1 saturated carbocycles. The van der Waals surface area contributed by atoms with Crippen LogP contribution in [0.3, 0.4) is 0 Å². The molecular weight excluding hydrogens is 188 g/mol. The Morgan fingerprint density at radius 2 is 2.40 bits per heavy atom. The summed E-state index contributed by atoms with van der Waals surface area (Å²) in [6.07, 6.45) is 6.70. The van der Waals surface area contributed by atoms with E-state index in [1.54, 1.807) is 0 Å². The summed E-state index contributed by atoms with van der Waals surface area (Å²) in [6, 6.07) is 2.02.